The highest BCUT2D eigenvalue weighted by Gasteiger charge is 2.16. The van der Waals surface area contributed by atoms with E-state index in [4.69, 9.17) is 4.74 Å². The summed E-state index contributed by atoms with van der Waals surface area (Å²) in [5, 5.41) is 9.72. The number of hydrogen-bond donors (Lipinski definition) is 1. The summed E-state index contributed by atoms with van der Waals surface area (Å²) in [5.74, 6) is -0.165. The lowest BCUT2D eigenvalue weighted by Gasteiger charge is -2.21. The number of nitrogens with zero attached hydrogens (tertiary/aromatic N) is 1. The van der Waals surface area contributed by atoms with Crippen molar-refractivity contribution in [2.24, 2.45) is 0 Å². The molecular weight excluding hydrogens is 282 g/mol. The molecule has 5 nitrogen and oxygen atoms in total. The molecule has 0 radical (unpaired) electrons. The monoisotopic (exact) mass is 299 g/mol. The number of aromatic hydroxyl groups is 1. The molecule has 0 fully saturated rings. The highest BCUT2D eigenvalue weighted by molar-refractivity contribution is 5.89. The third-order valence-electron chi connectivity index (χ3n) is 3.19. The van der Waals surface area contributed by atoms with Crippen LogP contribution in [0.4, 0.5) is 10.5 Å². The van der Waals surface area contributed by atoms with Crippen molar-refractivity contribution in [3.63, 3.8) is 0 Å². The Morgan fingerprint density at radius 1 is 1.23 bits per heavy atom. The first kappa shape index (κ1) is 15.6. The Morgan fingerprint density at radius 3 is 2.55 bits per heavy atom. The number of carbonyl (C=O) groups is 2. The van der Waals surface area contributed by atoms with Gasteiger partial charge >= 0.3 is 6.09 Å². The number of hydrogen-bond acceptors (Lipinski definition) is 4. The molecule has 0 atom stereocenters. The quantitative estimate of drug-likeness (QED) is 0.860. The summed E-state index contributed by atoms with van der Waals surface area (Å²) in [6.07, 6.45) is 0.0490. The fourth-order valence-corrected chi connectivity index (χ4v) is 2.01. The van der Waals surface area contributed by atoms with E-state index in [2.05, 4.69) is 0 Å². The molecule has 0 aliphatic heterocycles. The van der Waals surface area contributed by atoms with Gasteiger partial charge in [-0.25, -0.2) is 4.79 Å². The first-order chi connectivity index (χ1) is 10.7. The molecule has 0 unspecified atom stereocenters. The molecule has 0 bridgehead atoms. The number of benzene rings is 2. The summed E-state index contributed by atoms with van der Waals surface area (Å²) in [6.45, 7) is 2.36. The van der Waals surface area contributed by atoms with Gasteiger partial charge in [0, 0.05) is 12.6 Å². The fraction of sp³-hybridized carbons (Fsp3) is 0.176. The number of phenolic OH excluding ortho intramolecular Hbond substituents is 1. The van der Waals surface area contributed by atoms with Gasteiger partial charge in [0.2, 0.25) is 0 Å². The average molecular weight is 299 g/mol. The summed E-state index contributed by atoms with van der Waals surface area (Å²) in [5.41, 5.74) is 1.55. The van der Waals surface area contributed by atoms with E-state index in [0.29, 0.717) is 18.5 Å². The average Bonchev–Trinajstić information content (AvgIpc) is 2.55. The molecule has 0 aliphatic rings. The predicted molar refractivity (Wildman–Crippen MR) is 83.1 cm³/mol. The molecule has 5 heteroatoms. The van der Waals surface area contributed by atoms with Gasteiger partial charge in [-0.1, -0.05) is 30.3 Å². The third-order valence-corrected chi connectivity index (χ3v) is 3.19. The van der Waals surface area contributed by atoms with E-state index in [9.17, 15) is 14.7 Å². The van der Waals surface area contributed by atoms with Crippen molar-refractivity contribution >= 4 is 18.1 Å². The van der Waals surface area contributed by atoms with Crippen molar-refractivity contribution in [2.75, 3.05) is 11.4 Å². The van der Waals surface area contributed by atoms with Gasteiger partial charge in [0.1, 0.15) is 12.4 Å². The van der Waals surface area contributed by atoms with Crippen LogP contribution < -0.4 is 4.90 Å². The van der Waals surface area contributed by atoms with E-state index in [-0.39, 0.29) is 17.9 Å². The molecule has 2 aromatic rings. The minimum Gasteiger partial charge on any atom is -0.507 e. The second-order valence-corrected chi connectivity index (χ2v) is 4.65. The summed E-state index contributed by atoms with van der Waals surface area (Å²) in [4.78, 5) is 24.3. The van der Waals surface area contributed by atoms with Crippen molar-refractivity contribution in [1.82, 2.24) is 0 Å². The lowest BCUT2D eigenvalue weighted by atomic mass is 10.2. The van der Waals surface area contributed by atoms with Crippen LogP contribution in [0.25, 0.3) is 0 Å². The van der Waals surface area contributed by atoms with Gasteiger partial charge < -0.3 is 9.84 Å². The SMILES string of the molecule is CCN(C(=O)OCc1ccccc1)c1ccc(C=O)c(O)c1. The molecular formula is C17H17NO4. The topological polar surface area (TPSA) is 66.8 Å². The van der Waals surface area contributed by atoms with Gasteiger partial charge in [0.05, 0.1) is 11.3 Å². The van der Waals surface area contributed by atoms with E-state index < -0.39 is 6.09 Å². The third kappa shape index (κ3) is 3.63. The molecule has 0 aromatic heterocycles. The molecule has 2 aromatic carbocycles. The second kappa shape index (κ2) is 7.26. The predicted octanol–water partition coefficient (Wildman–Crippen LogP) is 3.37. The van der Waals surface area contributed by atoms with Gasteiger partial charge in [0.15, 0.2) is 6.29 Å². The van der Waals surface area contributed by atoms with Crippen LogP contribution in [0.3, 0.4) is 0 Å². The summed E-state index contributed by atoms with van der Waals surface area (Å²) in [7, 11) is 0. The summed E-state index contributed by atoms with van der Waals surface area (Å²) in [6, 6.07) is 13.8. The maximum atomic E-state index is 12.2. The van der Waals surface area contributed by atoms with Crippen LogP contribution in [-0.2, 0) is 11.3 Å². The Labute approximate surface area is 128 Å². The van der Waals surface area contributed by atoms with Crippen LogP contribution in [-0.4, -0.2) is 24.0 Å². The number of phenols is 1. The highest BCUT2D eigenvalue weighted by Crippen LogP contribution is 2.24. The van der Waals surface area contributed by atoms with Gasteiger partial charge in [-0.2, -0.15) is 0 Å². The van der Waals surface area contributed by atoms with Crippen molar-refractivity contribution in [3.8, 4) is 5.75 Å². The van der Waals surface area contributed by atoms with Gasteiger partial charge in [0.25, 0.3) is 0 Å². The zero-order valence-electron chi connectivity index (χ0n) is 12.2. The Kier molecular flexibility index (Phi) is 5.14. The summed E-state index contributed by atoms with van der Waals surface area (Å²) < 4.78 is 5.27. The van der Waals surface area contributed by atoms with Crippen molar-refractivity contribution in [2.45, 2.75) is 13.5 Å². The normalized spacial score (nSPS) is 10.0. The Morgan fingerprint density at radius 2 is 1.95 bits per heavy atom. The van der Waals surface area contributed by atoms with Crippen LogP contribution in [0, 0.1) is 0 Å². The number of amides is 1. The Hall–Kier alpha value is -2.82. The minimum absolute atomic E-state index is 0.165. The standard InChI is InChI=1S/C17H17NO4/c1-2-18(15-9-8-14(11-19)16(20)10-15)17(21)22-12-13-6-4-3-5-7-13/h3-11,20H,2,12H2,1H3. The molecule has 0 saturated heterocycles. The molecule has 0 spiro atoms. The highest BCUT2D eigenvalue weighted by atomic mass is 16.6. The molecule has 114 valence electrons. The van der Waals surface area contributed by atoms with Crippen molar-refractivity contribution in [1.29, 1.82) is 0 Å². The fourth-order valence-electron chi connectivity index (χ4n) is 2.01. The number of ether oxygens (including phenoxy) is 1. The lowest BCUT2D eigenvalue weighted by Crippen LogP contribution is -2.31. The zero-order valence-corrected chi connectivity index (χ0v) is 12.2. The molecule has 1 amide bonds. The van der Waals surface area contributed by atoms with Gasteiger partial charge in [-0.05, 0) is 24.6 Å². The van der Waals surface area contributed by atoms with E-state index in [1.54, 1.807) is 13.0 Å². The van der Waals surface area contributed by atoms with Crippen LogP contribution in [0.1, 0.15) is 22.8 Å². The Balaban J connectivity index is 2.08. The van der Waals surface area contributed by atoms with Crippen LogP contribution in [0.15, 0.2) is 48.5 Å². The van der Waals surface area contributed by atoms with Crippen molar-refractivity contribution < 1.29 is 19.4 Å². The first-order valence-corrected chi connectivity index (χ1v) is 6.92. The number of aldehydes is 1. The number of rotatable bonds is 5. The maximum Gasteiger partial charge on any atom is 0.414 e. The van der Waals surface area contributed by atoms with E-state index in [1.165, 1.54) is 17.0 Å². The first-order valence-electron chi connectivity index (χ1n) is 6.92. The van der Waals surface area contributed by atoms with Gasteiger partial charge in [-0.15, -0.1) is 0 Å². The number of anilines is 1. The van der Waals surface area contributed by atoms with Crippen LogP contribution in [0.5, 0.6) is 5.75 Å². The molecule has 22 heavy (non-hydrogen) atoms. The zero-order chi connectivity index (χ0) is 15.9. The molecule has 0 heterocycles. The van der Waals surface area contributed by atoms with E-state index in [1.807, 2.05) is 30.3 Å². The number of carbonyl (C=O) groups excluding carboxylic acids is 2. The second-order valence-electron chi connectivity index (χ2n) is 4.65. The molecule has 0 saturated carbocycles. The molecule has 1 N–H and O–H groups in total. The Bertz CT molecular complexity index is 655. The molecule has 2 rings (SSSR count). The van der Waals surface area contributed by atoms with Crippen molar-refractivity contribution in [3.05, 3.63) is 59.7 Å². The van der Waals surface area contributed by atoms with Crippen LogP contribution in [0.2, 0.25) is 0 Å². The maximum absolute atomic E-state index is 12.2. The lowest BCUT2D eigenvalue weighted by molar-refractivity contribution is 0.112. The minimum atomic E-state index is -0.510. The van der Waals surface area contributed by atoms with E-state index in [0.717, 1.165) is 5.56 Å². The van der Waals surface area contributed by atoms with E-state index >= 15 is 0 Å². The summed E-state index contributed by atoms with van der Waals surface area (Å²) >= 11 is 0. The largest absolute Gasteiger partial charge is 0.507 e. The smallest absolute Gasteiger partial charge is 0.414 e. The van der Waals surface area contributed by atoms with Gasteiger partial charge in [-0.3, -0.25) is 9.69 Å². The van der Waals surface area contributed by atoms with Crippen LogP contribution >= 0.6 is 0 Å². The molecule has 0 aliphatic carbocycles.